The molecule has 1 heterocycles. The first kappa shape index (κ1) is 11.1. The Morgan fingerprint density at radius 1 is 1.12 bits per heavy atom. The van der Waals surface area contributed by atoms with Crippen LogP contribution in [0.1, 0.15) is 5.56 Å². The number of halogens is 5. The molecule has 0 N–H and O–H groups in total. The lowest BCUT2D eigenvalue weighted by atomic mass is 10.1. The Bertz CT molecular complexity index is 553. The van der Waals surface area contributed by atoms with Gasteiger partial charge in [0.1, 0.15) is 17.3 Å². The Kier molecular flexibility index (Phi) is 2.46. The summed E-state index contributed by atoms with van der Waals surface area (Å²) in [6, 6.07) is 1.25. The third-order valence-corrected chi connectivity index (χ3v) is 2.26. The van der Waals surface area contributed by atoms with Crippen LogP contribution in [-0.4, -0.2) is 9.97 Å². The van der Waals surface area contributed by atoms with Crippen LogP contribution in [0.5, 0.6) is 0 Å². The molecule has 2 nitrogen and oxygen atoms in total. The Morgan fingerprint density at radius 3 is 2.44 bits per heavy atom. The lowest BCUT2D eigenvalue weighted by Crippen LogP contribution is -2.07. The molecule has 0 saturated carbocycles. The molecule has 0 aliphatic heterocycles. The summed E-state index contributed by atoms with van der Waals surface area (Å²) < 4.78 is 50.7. The second-order valence-corrected chi connectivity index (χ2v) is 3.37. The minimum Gasteiger partial charge on any atom is -0.236 e. The van der Waals surface area contributed by atoms with Gasteiger partial charge in [-0.3, -0.25) is 0 Å². The van der Waals surface area contributed by atoms with E-state index in [-0.39, 0.29) is 10.5 Å². The third kappa shape index (κ3) is 1.80. The zero-order valence-electron chi connectivity index (χ0n) is 7.52. The van der Waals surface area contributed by atoms with Crippen LogP contribution in [0.2, 0.25) is 5.15 Å². The molecule has 0 radical (unpaired) electrons. The quantitative estimate of drug-likeness (QED) is 0.529. The predicted molar refractivity (Wildman–Crippen MR) is 49.5 cm³/mol. The van der Waals surface area contributed by atoms with Gasteiger partial charge in [-0.2, -0.15) is 13.2 Å². The van der Waals surface area contributed by atoms with Gasteiger partial charge in [-0.15, -0.1) is 0 Å². The van der Waals surface area contributed by atoms with E-state index in [2.05, 4.69) is 9.97 Å². The Hall–Kier alpha value is -1.43. The van der Waals surface area contributed by atoms with E-state index in [9.17, 15) is 17.6 Å². The average Bonchev–Trinajstić information content (AvgIpc) is 2.17. The molecule has 7 heteroatoms. The average molecular weight is 251 g/mol. The molecule has 2 aromatic rings. The van der Waals surface area contributed by atoms with Gasteiger partial charge in [0.2, 0.25) is 0 Å². The summed E-state index contributed by atoms with van der Waals surface area (Å²) in [5.74, 6) is -1.03. The predicted octanol–water partition coefficient (Wildman–Crippen LogP) is 3.44. The van der Waals surface area contributed by atoms with Crippen molar-refractivity contribution in [1.82, 2.24) is 9.97 Å². The molecule has 16 heavy (non-hydrogen) atoms. The molecule has 0 aliphatic rings. The van der Waals surface area contributed by atoms with E-state index in [1.165, 1.54) is 0 Å². The summed E-state index contributed by atoms with van der Waals surface area (Å²) in [5.41, 5.74) is -1.57. The maximum Gasteiger partial charge on any atom is 0.418 e. The van der Waals surface area contributed by atoms with E-state index >= 15 is 0 Å². The first-order valence-corrected chi connectivity index (χ1v) is 4.44. The van der Waals surface area contributed by atoms with Gasteiger partial charge in [-0.1, -0.05) is 11.6 Å². The molecule has 2 rings (SSSR count). The fourth-order valence-corrected chi connectivity index (χ4v) is 1.51. The monoisotopic (exact) mass is 250 g/mol. The number of benzene rings is 1. The van der Waals surface area contributed by atoms with Crippen LogP contribution >= 0.6 is 11.6 Å². The van der Waals surface area contributed by atoms with Gasteiger partial charge in [0.05, 0.1) is 11.1 Å². The van der Waals surface area contributed by atoms with E-state index in [4.69, 9.17) is 11.6 Å². The van der Waals surface area contributed by atoms with Gasteiger partial charge in [0.15, 0.2) is 0 Å². The summed E-state index contributed by atoms with van der Waals surface area (Å²) in [6.07, 6.45) is -3.78. The van der Waals surface area contributed by atoms with Crippen molar-refractivity contribution >= 4 is 22.5 Å². The first-order valence-electron chi connectivity index (χ1n) is 4.06. The van der Waals surface area contributed by atoms with Crippen LogP contribution in [0, 0.1) is 5.82 Å². The highest BCUT2D eigenvalue weighted by atomic mass is 35.5. The number of hydrogen-bond acceptors (Lipinski definition) is 2. The van der Waals surface area contributed by atoms with E-state index in [0.717, 1.165) is 12.4 Å². The molecule has 0 spiro atoms. The first-order chi connectivity index (χ1) is 7.39. The topological polar surface area (TPSA) is 25.8 Å². The number of rotatable bonds is 0. The van der Waals surface area contributed by atoms with E-state index in [1.807, 2.05) is 0 Å². The summed E-state index contributed by atoms with van der Waals surface area (Å²) in [4.78, 5) is 6.96. The van der Waals surface area contributed by atoms with Crippen LogP contribution in [0.25, 0.3) is 10.9 Å². The zero-order chi connectivity index (χ0) is 11.9. The smallest absolute Gasteiger partial charge is 0.236 e. The van der Waals surface area contributed by atoms with Gasteiger partial charge in [-0.05, 0) is 12.1 Å². The van der Waals surface area contributed by atoms with Crippen molar-refractivity contribution < 1.29 is 17.6 Å². The largest absolute Gasteiger partial charge is 0.418 e. The van der Waals surface area contributed by atoms with Crippen LogP contribution < -0.4 is 0 Å². The number of nitrogens with zero attached hydrogens (tertiary/aromatic N) is 2. The summed E-state index contributed by atoms with van der Waals surface area (Å²) >= 11 is 5.57. The molecule has 1 aromatic heterocycles. The molecule has 0 aliphatic carbocycles. The summed E-state index contributed by atoms with van der Waals surface area (Å²) in [5, 5.41) is -0.369. The van der Waals surface area contributed by atoms with Gasteiger partial charge >= 0.3 is 6.18 Å². The minimum atomic E-state index is -4.68. The second-order valence-electron chi connectivity index (χ2n) is 3.01. The van der Waals surface area contributed by atoms with Crippen molar-refractivity contribution in [2.75, 3.05) is 0 Å². The van der Waals surface area contributed by atoms with E-state index in [1.54, 1.807) is 0 Å². The lowest BCUT2D eigenvalue weighted by Gasteiger charge is -2.09. The molecule has 84 valence electrons. The maximum atomic E-state index is 13.0. The molecule has 1 aromatic carbocycles. The highest BCUT2D eigenvalue weighted by Gasteiger charge is 2.34. The third-order valence-electron chi connectivity index (χ3n) is 1.96. The van der Waals surface area contributed by atoms with Crippen LogP contribution in [0.3, 0.4) is 0 Å². The lowest BCUT2D eigenvalue weighted by molar-refractivity contribution is -0.136. The molecule has 0 atom stereocenters. The van der Waals surface area contributed by atoms with Gasteiger partial charge < -0.3 is 0 Å². The normalized spacial score (nSPS) is 12.1. The molecule has 0 fully saturated rings. The number of alkyl halides is 3. The minimum absolute atomic E-state index is 0.156. The maximum absolute atomic E-state index is 13.0. The van der Waals surface area contributed by atoms with Gasteiger partial charge in [0.25, 0.3) is 0 Å². The molecular formula is C9H3ClF4N2. The van der Waals surface area contributed by atoms with Crippen molar-refractivity contribution in [3.63, 3.8) is 0 Å². The van der Waals surface area contributed by atoms with Gasteiger partial charge in [0, 0.05) is 5.39 Å². The molecule has 0 saturated heterocycles. The van der Waals surface area contributed by atoms with E-state index < -0.39 is 23.1 Å². The highest BCUT2D eigenvalue weighted by Crippen LogP contribution is 2.35. The number of fused-ring (bicyclic) bond motifs is 1. The Balaban J connectivity index is 2.89. The molecular weight excluding hydrogens is 248 g/mol. The van der Waals surface area contributed by atoms with Crippen LogP contribution in [-0.2, 0) is 6.18 Å². The number of aromatic nitrogens is 2. The van der Waals surface area contributed by atoms with Crippen molar-refractivity contribution in [3.05, 3.63) is 35.0 Å². The number of hydrogen-bond donors (Lipinski definition) is 0. The fraction of sp³-hybridized carbons (Fsp3) is 0.111. The van der Waals surface area contributed by atoms with Crippen molar-refractivity contribution in [2.45, 2.75) is 6.18 Å². The van der Waals surface area contributed by atoms with E-state index in [0.29, 0.717) is 6.07 Å². The fourth-order valence-electron chi connectivity index (χ4n) is 1.32. The van der Waals surface area contributed by atoms with Crippen LogP contribution in [0.4, 0.5) is 17.6 Å². The Labute approximate surface area is 91.9 Å². The van der Waals surface area contributed by atoms with Crippen LogP contribution in [0.15, 0.2) is 18.5 Å². The molecule has 0 amide bonds. The van der Waals surface area contributed by atoms with Crippen molar-refractivity contribution in [3.8, 4) is 0 Å². The van der Waals surface area contributed by atoms with Gasteiger partial charge in [-0.25, -0.2) is 14.4 Å². The summed E-state index contributed by atoms with van der Waals surface area (Å²) in [7, 11) is 0. The Morgan fingerprint density at radius 2 is 1.81 bits per heavy atom. The summed E-state index contributed by atoms with van der Waals surface area (Å²) in [6.45, 7) is 0. The van der Waals surface area contributed by atoms with Crippen molar-refractivity contribution in [2.24, 2.45) is 0 Å². The molecule has 0 unspecified atom stereocenters. The molecule has 0 bridgehead atoms. The zero-order valence-corrected chi connectivity index (χ0v) is 8.27. The second kappa shape index (κ2) is 3.55. The standard InChI is InChI=1S/C9H3ClF4N2/c10-8-5-1-4(11)2-6(9(12,13)14)7(5)15-3-16-8/h1-3H. The van der Waals surface area contributed by atoms with Crippen molar-refractivity contribution in [1.29, 1.82) is 0 Å². The SMILES string of the molecule is Fc1cc(C(F)(F)F)c2ncnc(Cl)c2c1. The highest BCUT2D eigenvalue weighted by molar-refractivity contribution is 6.34.